The van der Waals surface area contributed by atoms with Crippen LogP contribution in [-0.4, -0.2) is 29.9 Å². The first kappa shape index (κ1) is 22.1. The summed E-state index contributed by atoms with van der Waals surface area (Å²) in [7, 11) is 1.34. The highest BCUT2D eigenvalue weighted by Gasteiger charge is 2.32. The zero-order valence-corrected chi connectivity index (χ0v) is 18.5. The van der Waals surface area contributed by atoms with Gasteiger partial charge in [-0.3, -0.25) is 4.79 Å². The zero-order valence-electron chi connectivity index (χ0n) is 18.5. The average Bonchev–Trinajstić information content (AvgIpc) is 2.86. The van der Waals surface area contributed by atoms with Crippen molar-refractivity contribution in [1.82, 2.24) is 4.90 Å². The highest BCUT2D eigenvalue weighted by atomic mass is 16.5. The van der Waals surface area contributed by atoms with Crippen LogP contribution in [0, 0.1) is 0 Å². The Morgan fingerprint density at radius 2 is 1.36 bits per heavy atom. The Labute approximate surface area is 193 Å². The lowest BCUT2D eigenvalue weighted by Gasteiger charge is -2.31. The largest absolute Gasteiger partial charge is 0.467 e. The fourth-order valence-electron chi connectivity index (χ4n) is 4.00. The van der Waals surface area contributed by atoms with Gasteiger partial charge in [0.1, 0.15) is 6.04 Å². The molecule has 0 saturated carbocycles. The van der Waals surface area contributed by atoms with Crippen molar-refractivity contribution < 1.29 is 14.3 Å². The van der Waals surface area contributed by atoms with Crippen molar-refractivity contribution >= 4 is 28.3 Å². The molecule has 0 aliphatic rings. The quantitative estimate of drug-likeness (QED) is 0.331. The van der Waals surface area contributed by atoms with Crippen molar-refractivity contribution in [2.45, 2.75) is 19.0 Å². The molecule has 4 aromatic rings. The molecule has 0 aliphatic heterocycles. The summed E-state index contributed by atoms with van der Waals surface area (Å²) >= 11 is 0. The molecular weight excluding hydrogens is 412 g/mol. The second-order valence-electron chi connectivity index (χ2n) is 7.93. The number of methoxy groups -OCH3 is 1. The fraction of sp³-hybridized carbons (Fsp3) is 0.143. The number of nitrogens with zero attached hydrogens (tertiary/aromatic N) is 1. The van der Waals surface area contributed by atoms with Crippen LogP contribution in [0.3, 0.4) is 0 Å². The van der Waals surface area contributed by atoms with Crippen LogP contribution in [0.5, 0.6) is 0 Å². The Bertz CT molecular complexity index is 1260. The third-order valence-corrected chi connectivity index (χ3v) is 5.73. The van der Waals surface area contributed by atoms with E-state index < -0.39 is 12.0 Å². The number of hydrogen-bond donors (Lipinski definition) is 1. The molecule has 0 heterocycles. The van der Waals surface area contributed by atoms with Gasteiger partial charge >= 0.3 is 5.97 Å². The van der Waals surface area contributed by atoms with Crippen LogP contribution in [0.1, 0.15) is 21.5 Å². The third kappa shape index (κ3) is 5.04. The van der Waals surface area contributed by atoms with E-state index in [-0.39, 0.29) is 12.5 Å². The molecule has 4 aromatic carbocycles. The Hall–Kier alpha value is -4.12. The molecule has 1 atom stereocenters. The second-order valence-corrected chi connectivity index (χ2v) is 7.93. The van der Waals surface area contributed by atoms with Crippen LogP contribution in [-0.2, 0) is 22.5 Å². The molecule has 33 heavy (non-hydrogen) atoms. The van der Waals surface area contributed by atoms with E-state index in [1.54, 1.807) is 17.0 Å². The van der Waals surface area contributed by atoms with Crippen molar-refractivity contribution in [2.24, 2.45) is 0 Å². The molecule has 0 aliphatic carbocycles. The molecule has 0 fully saturated rings. The number of rotatable bonds is 7. The molecule has 0 radical (unpaired) electrons. The van der Waals surface area contributed by atoms with Gasteiger partial charge in [0, 0.05) is 18.7 Å². The summed E-state index contributed by atoms with van der Waals surface area (Å²) in [6.45, 7) is 0.249. The zero-order chi connectivity index (χ0) is 23.2. The van der Waals surface area contributed by atoms with E-state index in [0.717, 1.165) is 21.9 Å². The maximum absolute atomic E-state index is 13.9. The van der Waals surface area contributed by atoms with Crippen LogP contribution < -0.4 is 5.73 Å². The van der Waals surface area contributed by atoms with Gasteiger partial charge in [-0.1, -0.05) is 84.9 Å². The number of amides is 1. The summed E-state index contributed by atoms with van der Waals surface area (Å²) in [5, 5.41) is 1.86. The van der Waals surface area contributed by atoms with Gasteiger partial charge < -0.3 is 15.4 Å². The van der Waals surface area contributed by atoms with E-state index in [2.05, 4.69) is 0 Å². The van der Waals surface area contributed by atoms with Crippen molar-refractivity contribution in [3.05, 3.63) is 114 Å². The van der Waals surface area contributed by atoms with Crippen LogP contribution in [0.25, 0.3) is 10.8 Å². The van der Waals surface area contributed by atoms with Gasteiger partial charge in [-0.15, -0.1) is 0 Å². The standard InChI is InChI=1S/C28H26N2O3/c1-33-28(32)26(16-20-10-4-2-5-11-20)30(19-21-12-6-3-7-13-21)27(31)24-17-22-14-8-9-15-23(22)18-25(24)29/h2-15,17-18,26H,16,19,29H2,1H3/t26-/m0/s1. The SMILES string of the molecule is COC(=O)[C@H](Cc1ccccc1)N(Cc1ccccc1)C(=O)c1cc2ccccc2cc1N. The summed E-state index contributed by atoms with van der Waals surface area (Å²) in [4.78, 5) is 28.4. The number of nitrogen functional groups attached to an aromatic ring is 1. The highest BCUT2D eigenvalue weighted by Crippen LogP contribution is 2.26. The summed E-state index contributed by atoms with van der Waals surface area (Å²) in [5.41, 5.74) is 8.90. The lowest BCUT2D eigenvalue weighted by molar-refractivity contribution is -0.146. The molecule has 2 N–H and O–H groups in total. The maximum atomic E-state index is 13.9. The van der Waals surface area contributed by atoms with Gasteiger partial charge in [-0.25, -0.2) is 4.79 Å². The first-order valence-electron chi connectivity index (χ1n) is 10.8. The normalized spacial score (nSPS) is 11.7. The van der Waals surface area contributed by atoms with E-state index in [4.69, 9.17) is 10.5 Å². The monoisotopic (exact) mass is 438 g/mol. The Morgan fingerprint density at radius 3 is 1.97 bits per heavy atom. The van der Waals surface area contributed by atoms with Gasteiger partial charge in [0.05, 0.1) is 12.7 Å². The van der Waals surface area contributed by atoms with E-state index in [1.807, 2.05) is 84.9 Å². The third-order valence-electron chi connectivity index (χ3n) is 5.73. The molecule has 5 heteroatoms. The molecule has 0 spiro atoms. The Morgan fingerprint density at radius 1 is 0.818 bits per heavy atom. The van der Waals surface area contributed by atoms with Crippen LogP contribution in [0.2, 0.25) is 0 Å². The number of carbonyl (C=O) groups is 2. The Kier molecular flexibility index (Phi) is 6.69. The maximum Gasteiger partial charge on any atom is 0.328 e. The van der Waals surface area contributed by atoms with Crippen molar-refractivity contribution in [1.29, 1.82) is 0 Å². The minimum absolute atomic E-state index is 0.249. The number of benzene rings is 4. The molecule has 166 valence electrons. The fourth-order valence-corrected chi connectivity index (χ4v) is 4.00. The minimum Gasteiger partial charge on any atom is -0.467 e. The molecule has 5 nitrogen and oxygen atoms in total. The summed E-state index contributed by atoms with van der Waals surface area (Å²) < 4.78 is 5.13. The van der Waals surface area contributed by atoms with Crippen molar-refractivity contribution in [2.75, 3.05) is 12.8 Å². The van der Waals surface area contributed by atoms with Crippen LogP contribution in [0.4, 0.5) is 5.69 Å². The predicted molar refractivity (Wildman–Crippen MR) is 131 cm³/mol. The summed E-state index contributed by atoms with van der Waals surface area (Å²) in [6.07, 6.45) is 0.333. The number of fused-ring (bicyclic) bond motifs is 1. The summed E-state index contributed by atoms with van der Waals surface area (Å²) in [5.74, 6) is -0.782. The molecule has 0 bridgehead atoms. The van der Waals surface area contributed by atoms with E-state index in [9.17, 15) is 9.59 Å². The van der Waals surface area contributed by atoms with E-state index in [0.29, 0.717) is 17.7 Å². The Balaban J connectivity index is 1.78. The molecule has 1 amide bonds. The lowest BCUT2D eigenvalue weighted by Crippen LogP contribution is -2.46. The highest BCUT2D eigenvalue weighted by molar-refractivity contribution is 6.05. The first-order chi connectivity index (χ1) is 16.1. The van der Waals surface area contributed by atoms with Gasteiger partial charge in [-0.05, 0) is 34.0 Å². The number of carbonyl (C=O) groups excluding carboxylic acids is 2. The molecule has 0 aromatic heterocycles. The first-order valence-corrected chi connectivity index (χ1v) is 10.8. The molecule has 4 rings (SSSR count). The van der Waals surface area contributed by atoms with Gasteiger partial charge in [-0.2, -0.15) is 0 Å². The number of hydrogen-bond acceptors (Lipinski definition) is 4. The average molecular weight is 439 g/mol. The van der Waals surface area contributed by atoms with Gasteiger partial charge in [0.25, 0.3) is 5.91 Å². The molecular formula is C28H26N2O3. The topological polar surface area (TPSA) is 72.6 Å². The van der Waals surface area contributed by atoms with E-state index >= 15 is 0 Å². The lowest BCUT2D eigenvalue weighted by atomic mass is 10.00. The summed E-state index contributed by atoms with van der Waals surface area (Å²) in [6, 6.07) is 29.7. The van der Waals surface area contributed by atoms with Crippen LogP contribution in [0.15, 0.2) is 97.1 Å². The molecule has 0 saturated heterocycles. The number of nitrogens with two attached hydrogens (primary N) is 1. The smallest absolute Gasteiger partial charge is 0.328 e. The number of esters is 1. The number of ether oxygens (including phenoxy) is 1. The number of anilines is 1. The minimum atomic E-state index is -0.809. The second kappa shape index (κ2) is 10.0. The van der Waals surface area contributed by atoms with E-state index in [1.165, 1.54) is 7.11 Å². The predicted octanol–water partition coefficient (Wildman–Crippen LogP) is 4.85. The van der Waals surface area contributed by atoms with Crippen molar-refractivity contribution in [3.8, 4) is 0 Å². The van der Waals surface area contributed by atoms with Gasteiger partial charge in [0.15, 0.2) is 0 Å². The van der Waals surface area contributed by atoms with Crippen LogP contribution >= 0.6 is 0 Å². The van der Waals surface area contributed by atoms with Crippen molar-refractivity contribution in [3.63, 3.8) is 0 Å². The van der Waals surface area contributed by atoms with Gasteiger partial charge in [0.2, 0.25) is 0 Å². The molecule has 0 unspecified atom stereocenters.